The Morgan fingerprint density at radius 1 is 1.21 bits per heavy atom. The highest BCUT2D eigenvalue weighted by molar-refractivity contribution is 5.98. The number of hydrogen-bond donors (Lipinski definition) is 2. The zero-order valence-corrected chi connectivity index (χ0v) is 17.4. The molecule has 0 fully saturated rings. The van der Waals surface area contributed by atoms with Crippen molar-refractivity contribution in [3.05, 3.63) is 83.4 Å². The lowest BCUT2D eigenvalue weighted by Crippen LogP contribution is -2.31. The summed E-state index contributed by atoms with van der Waals surface area (Å²) in [6.07, 6.45) is 3.79. The van der Waals surface area contributed by atoms with Gasteiger partial charge in [-0.2, -0.15) is 10.4 Å². The molecule has 1 aliphatic heterocycles. The Labute approximate surface area is 188 Å². The van der Waals surface area contributed by atoms with E-state index in [-0.39, 0.29) is 12.3 Å². The molecule has 33 heavy (non-hydrogen) atoms. The first-order valence-corrected chi connectivity index (χ1v) is 10.3. The number of fused-ring (bicyclic) bond motifs is 1. The number of carbonyl (C=O) groups excluding carboxylic acids is 1. The molecule has 162 valence electrons. The molecule has 0 bridgehead atoms. The summed E-state index contributed by atoms with van der Waals surface area (Å²) >= 11 is 0. The van der Waals surface area contributed by atoms with Gasteiger partial charge in [0.15, 0.2) is 0 Å². The zero-order valence-electron chi connectivity index (χ0n) is 17.4. The lowest BCUT2D eigenvalue weighted by Gasteiger charge is -2.19. The van der Waals surface area contributed by atoms with E-state index in [1.165, 1.54) is 6.07 Å². The first-order valence-electron chi connectivity index (χ1n) is 10.3. The fraction of sp³-hybridized carbons (Fsp3) is 0.125. The maximum atomic E-state index is 14.0. The molecule has 2 aromatic heterocycles. The molecule has 0 atom stereocenters. The normalized spacial score (nSPS) is 12.3. The van der Waals surface area contributed by atoms with Gasteiger partial charge in [0.1, 0.15) is 17.7 Å². The molecule has 0 saturated heterocycles. The van der Waals surface area contributed by atoms with Gasteiger partial charge < -0.3 is 10.2 Å². The van der Waals surface area contributed by atoms with Crippen LogP contribution in [0.3, 0.4) is 0 Å². The zero-order chi connectivity index (χ0) is 22.8. The third-order valence-corrected chi connectivity index (χ3v) is 5.48. The predicted octanol–water partition coefficient (Wildman–Crippen LogP) is 3.75. The molecule has 1 amide bonds. The molecular formula is C24H18FN7O. The van der Waals surface area contributed by atoms with E-state index >= 15 is 0 Å². The van der Waals surface area contributed by atoms with Gasteiger partial charge in [-0.1, -0.05) is 18.2 Å². The van der Waals surface area contributed by atoms with E-state index in [9.17, 15) is 14.4 Å². The molecule has 0 aliphatic carbocycles. The van der Waals surface area contributed by atoms with Gasteiger partial charge in [0, 0.05) is 24.4 Å². The Morgan fingerprint density at radius 3 is 2.88 bits per heavy atom. The van der Waals surface area contributed by atoms with Crippen LogP contribution in [0, 0.1) is 17.1 Å². The molecule has 2 aromatic carbocycles. The van der Waals surface area contributed by atoms with Crippen LogP contribution in [0.5, 0.6) is 0 Å². The van der Waals surface area contributed by atoms with Crippen LogP contribution in [0.2, 0.25) is 0 Å². The van der Waals surface area contributed by atoms with Crippen LogP contribution in [0.1, 0.15) is 16.7 Å². The first kappa shape index (κ1) is 20.3. The monoisotopic (exact) mass is 439 g/mol. The second kappa shape index (κ2) is 8.51. The highest BCUT2D eigenvalue weighted by atomic mass is 19.1. The molecular weight excluding hydrogens is 421 g/mol. The smallest absolute Gasteiger partial charge is 0.231 e. The van der Waals surface area contributed by atoms with Crippen LogP contribution >= 0.6 is 0 Å². The molecule has 2 N–H and O–H groups in total. The van der Waals surface area contributed by atoms with Gasteiger partial charge in [-0.15, -0.1) is 0 Å². The van der Waals surface area contributed by atoms with Crippen LogP contribution in [0.4, 0.5) is 21.8 Å². The number of aromatic amines is 1. The van der Waals surface area contributed by atoms with Gasteiger partial charge in [0.2, 0.25) is 11.9 Å². The first-order chi connectivity index (χ1) is 16.1. The van der Waals surface area contributed by atoms with Crippen molar-refractivity contribution in [3.63, 3.8) is 0 Å². The third-order valence-electron chi connectivity index (χ3n) is 5.48. The summed E-state index contributed by atoms with van der Waals surface area (Å²) in [5, 5.41) is 19.5. The molecule has 4 aromatic rings. The summed E-state index contributed by atoms with van der Waals surface area (Å²) < 4.78 is 14.0. The number of rotatable bonds is 5. The fourth-order valence-corrected chi connectivity index (χ4v) is 3.96. The number of amides is 1. The fourth-order valence-electron chi connectivity index (χ4n) is 3.96. The van der Waals surface area contributed by atoms with Crippen molar-refractivity contribution >= 4 is 23.4 Å². The van der Waals surface area contributed by atoms with Crippen LogP contribution < -0.4 is 10.2 Å². The average molecular weight is 439 g/mol. The molecule has 0 saturated carbocycles. The number of halogens is 1. The summed E-state index contributed by atoms with van der Waals surface area (Å²) in [4.78, 5) is 23.3. The lowest BCUT2D eigenvalue weighted by molar-refractivity contribution is -0.117. The third kappa shape index (κ3) is 4.02. The minimum absolute atomic E-state index is 0.0622. The Bertz CT molecular complexity index is 1380. The largest absolute Gasteiger partial charge is 0.310 e. The molecule has 5 rings (SSSR count). The maximum absolute atomic E-state index is 14.0. The number of anilines is 3. The molecule has 9 heteroatoms. The van der Waals surface area contributed by atoms with Gasteiger partial charge in [-0.25, -0.2) is 14.4 Å². The summed E-state index contributed by atoms with van der Waals surface area (Å²) in [6.45, 7) is 0.442. The van der Waals surface area contributed by atoms with Crippen molar-refractivity contribution in [1.82, 2.24) is 20.2 Å². The number of nitrogens with zero attached hydrogens (tertiary/aromatic N) is 5. The summed E-state index contributed by atoms with van der Waals surface area (Å²) in [6, 6.07) is 15.6. The number of nitriles is 1. The van der Waals surface area contributed by atoms with E-state index in [4.69, 9.17) is 0 Å². The molecule has 0 unspecified atom stereocenters. The Hall–Kier alpha value is -4.58. The van der Waals surface area contributed by atoms with E-state index in [1.807, 2.05) is 6.07 Å². The van der Waals surface area contributed by atoms with Gasteiger partial charge in [-0.05, 0) is 41.8 Å². The maximum Gasteiger partial charge on any atom is 0.231 e. The minimum Gasteiger partial charge on any atom is -0.310 e. The highest BCUT2D eigenvalue weighted by Gasteiger charge is 2.29. The number of nitrogens with one attached hydrogen (secondary N) is 2. The number of carbonyl (C=O) groups is 1. The Balaban J connectivity index is 1.44. The van der Waals surface area contributed by atoms with E-state index in [1.54, 1.807) is 53.7 Å². The van der Waals surface area contributed by atoms with Crippen LogP contribution in [-0.2, 0) is 17.6 Å². The number of aromatic nitrogens is 4. The van der Waals surface area contributed by atoms with Crippen LogP contribution in [0.15, 0.2) is 60.9 Å². The van der Waals surface area contributed by atoms with Crippen molar-refractivity contribution < 1.29 is 9.18 Å². The van der Waals surface area contributed by atoms with Crippen molar-refractivity contribution in [2.75, 3.05) is 16.8 Å². The summed E-state index contributed by atoms with van der Waals surface area (Å²) in [5.74, 6) is 0.390. The predicted molar refractivity (Wildman–Crippen MR) is 120 cm³/mol. The Morgan fingerprint density at radius 2 is 2.09 bits per heavy atom. The van der Waals surface area contributed by atoms with E-state index in [2.05, 4.69) is 31.6 Å². The van der Waals surface area contributed by atoms with Crippen molar-refractivity contribution in [1.29, 1.82) is 5.26 Å². The quantitative estimate of drug-likeness (QED) is 0.490. The van der Waals surface area contributed by atoms with E-state index < -0.39 is 5.82 Å². The molecule has 1 aliphatic rings. The molecule has 0 spiro atoms. The van der Waals surface area contributed by atoms with Crippen LogP contribution in [0.25, 0.3) is 11.3 Å². The topological polar surface area (TPSA) is 111 Å². The average Bonchev–Trinajstić information content (AvgIpc) is 3.50. The van der Waals surface area contributed by atoms with E-state index in [0.29, 0.717) is 47.2 Å². The standard InChI is InChI=1S/C24H18FN7O/c25-19-4-2-1-3-15(19)13-22(33)32-10-7-16-11-17(12-18(14-26)23(16)32)20-5-8-27-24(29-20)30-21-6-9-28-31-21/h1-6,8-9,11-12H,7,10,13H2,(H2,27,28,29,30,31). The second-order valence-corrected chi connectivity index (χ2v) is 7.57. The van der Waals surface area contributed by atoms with Crippen molar-refractivity contribution in [2.45, 2.75) is 12.8 Å². The molecule has 3 heterocycles. The SMILES string of the molecule is N#Cc1cc(-c2ccnc(Nc3ccn[nH]3)n2)cc2c1N(C(=O)Cc1ccccc1F)CC2. The minimum atomic E-state index is -0.413. The van der Waals surface area contributed by atoms with Crippen molar-refractivity contribution in [2.24, 2.45) is 0 Å². The molecule has 8 nitrogen and oxygen atoms in total. The van der Waals surface area contributed by atoms with Gasteiger partial charge in [-0.3, -0.25) is 9.89 Å². The number of benzene rings is 2. The summed E-state index contributed by atoms with van der Waals surface area (Å²) in [5.41, 5.74) is 3.58. The van der Waals surface area contributed by atoms with Gasteiger partial charge in [0.25, 0.3) is 0 Å². The van der Waals surface area contributed by atoms with Crippen molar-refractivity contribution in [3.8, 4) is 17.3 Å². The molecule has 0 radical (unpaired) electrons. The lowest BCUT2D eigenvalue weighted by atomic mass is 10.0. The van der Waals surface area contributed by atoms with Gasteiger partial charge in [0.05, 0.1) is 29.6 Å². The van der Waals surface area contributed by atoms with Crippen LogP contribution in [-0.4, -0.2) is 32.6 Å². The van der Waals surface area contributed by atoms with Gasteiger partial charge >= 0.3 is 0 Å². The second-order valence-electron chi connectivity index (χ2n) is 7.57. The number of hydrogen-bond acceptors (Lipinski definition) is 6. The highest BCUT2D eigenvalue weighted by Crippen LogP contribution is 2.36. The number of H-pyrrole nitrogens is 1. The Kier molecular flexibility index (Phi) is 5.24. The summed E-state index contributed by atoms with van der Waals surface area (Å²) in [7, 11) is 0. The van der Waals surface area contributed by atoms with E-state index in [0.717, 1.165) is 11.1 Å².